The largest absolute Gasteiger partial charge is 0.280 e. The van der Waals surface area contributed by atoms with Crippen molar-refractivity contribution in [1.29, 1.82) is 0 Å². The molecule has 0 aliphatic heterocycles. The second kappa shape index (κ2) is 5.45. The van der Waals surface area contributed by atoms with Gasteiger partial charge < -0.3 is 0 Å². The molecule has 2 aromatic rings. The summed E-state index contributed by atoms with van der Waals surface area (Å²) in [5.41, 5.74) is -0.160. The SMILES string of the molecule is O=S(=O)(Nc1ccc(F)c(F)c1)c1ccc(Br)c(F)c1. The average molecular weight is 366 g/mol. The molecule has 0 unspecified atom stereocenters. The van der Waals surface area contributed by atoms with Crippen molar-refractivity contribution in [3.63, 3.8) is 0 Å². The highest BCUT2D eigenvalue weighted by molar-refractivity contribution is 9.10. The lowest BCUT2D eigenvalue weighted by atomic mass is 10.3. The predicted octanol–water partition coefficient (Wildman–Crippen LogP) is 3.67. The van der Waals surface area contributed by atoms with E-state index in [9.17, 15) is 21.6 Å². The van der Waals surface area contributed by atoms with Crippen LogP contribution in [0.1, 0.15) is 0 Å². The molecular weight excluding hydrogens is 359 g/mol. The van der Waals surface area contributed by atoms with Crippen LogP contribution in [0, 0.1) is 17.5 Å². The van der Waals surface area contributed by atoms with Crippen LogP contribution in [0.4, 0.5) is 18.9 Å². The summed E-state index contributed by atoms with van der Waals surface area (Å²) in [7, 11) is -4.08. The first-order chi connectivity index (χ1) is 9.29. The van der Waals surface area contributed by atoms with Gasteiger partial charge in [-0.1, -0.05) is 0 Å². The summed E-state index contributed by atoms with van der Waals surface area (Å²) in [6, 6.07) is 5.76. The molecule has 0 saturated carbocycles. The molecule has 2 aromatic carbocycles. The van der Waals surface area contributed by atoms with E-state index in [2.05, 4.69) is 15.9 Å². The van der Waals surface area contributed by atoms with E-state index in [-0.39, 0.29) is 15.1 Å². The van der Waals surface area contributed by atoms with E-state index >= 15 is 0 Å². The van der Waals surface area contributed by atoms with Gasteiger partial charge in [-0.05, 0) is 46.3 Å². The van der Waals surface area contributed by atoms with Crippen LogP contribution in [0.2, 0.25) is 0 Å². The molecule has 2 rings (SSSR count). The second-order valence-corrected chi connectivity index (χ2v) is 6.35. The topological polar surface area (TPSA) is 46.2 Å². The lowest BCUT2D eigenvalue weighted by molar-refractivity contribution is 0.509. The van der Waals surface area contributed by atoms with Crippen molar-refractivity contribution in [3.05, 3.63) is 58.3 Å². The molecule has 8 heteroatoms. The number of hydrogen-bond acceptors (Lipinski definition) is 2. The fourth-order valence-corrected chi connectivity index (χ4v) is 2.73. The standard InChI is InChI=1S/C12H7BrF3NO2S/c13-9-3-2-8(6-11(9)15)20(18,19)17-7-1-4-10(14)12(16)5-7/h1-6,17H. The average Bonchev–Trinajstić information content (AvgIpc) is 2.37. The quantitative estimate of drug-likeness (QED) is 0.901. The number of anilines is 1. The number of benzene rings is 2. The van der Waals surface area contributed by atoms with Crippen LogP contribution in [-0.4, -0.2) is 8.42 Å². The number of rotatable bonds is 3. The van der Waals surface area contributed by atoms with Gasteiger partial charge in [0.2, 0.25) is 0 Å². The molecule has 0 aliphatic rings. The van der Waals surface area contributed by atoms with Gasteiger partial charge in [-0.2, -0.15) is 0 Å². The fourth-order valence-electron chi connectivity index (χ4n) is 1.42. The van der Waals surface area contributed by atoms with Crippen molar-refractivity contribution >= 4 is 31.6 Å². The molecule has 0 spiro atoms. The molecule has 3 nitrogen and oxygen atoms in total. The molecule has 0 atom stereocenters. The van der Waals surface area contributed by atoms with Crippen LogP contribution in [0.5, 0.6) is 0 Å². The normalized spacial score (nSPS) is 11.4. The van der Waals surface area contributed by atoms with Gasteiger partial charge >= 0.3 is 0 Å². The highest BCUT2D eigenvalue weighted by Crippen LogP contribution is 2.22. The van der Waals surface area contributed by atoms with Gasteiger partial charge in [0.05, 0.1) is 15.1 Å². The van der Waals surface area contributed by atoms with E-state index in [0.717, 1.165) is 18.2 Å². The lowest BCUT2D eigenvalue weighted by Crippen LogP contribution is -2.13. The molecule has 0 saturated heterocycles. The maximum Gasteiger partial charge on any atom is 0.261 e. The first-order valence-electron chi connectivity index (χ1n) is 5.22. The molecule has 0 amide bonds. The Morgan fingerprint density at radius 1 is 0.900 bits per heavy atom. The van der Waals surface area contributed by atoms with Crippen LogP contribution >= 0.6 is 15.9 Å². The molecule has 1 N–H and O–H groups in total. The lowest BCUT2D eigenvalue weighted by Gasteiger charge is -2.08. The van der Waals surface area contributed by atoms with Crippen molar-refractivity contribution in [2.75, 3.05) is 4.72 Å². The number of nitrogens with one attached hydrogen (secondary N) is 1. The zero-order chi connectivity index (χ0) is 14.9. The van der Waals surface area contributed by atoms with Crippen molar-refractivity contribution in [3.8, 4) is 0 Å². The minimum atomic E-state index is -4.08. The number of hydrogen-bond donors (Lipinski definition) is 1. The van der Waals surface area contributed by atoms with E-state index in [1.807, 2.05) is 4.72 Å². The molecule has 0 fully saturated rings. The Morgan fingerprint density at radius 2 is 1.60 bits per heavy atom. The minimum absolute atomic E-state index is 0.115. The third-order valence-corrected chi connectivity index (χ3v) is 4.40. The molecule has 0 aromatic heterocycles. The summed E-state index contributed by atoms with van der Waals surface area (Å²) < 4.78 is 65.1. The van der Waals surface area contributed by atoms with Crippen LogP contribution in [0.25, 0.3) is 0 Å². The Bertz CT molecular complexity index is 765. The first kappa shape index (κ1) is 14.9. The smallest absolute Gasteiger partial charge is 0.261 e. The second-order valence-electron chi connectivity index (χ2n) is 3.81. The van der Waals surface area contributed by atoms with Gasteiger partial charge in [0.15, 0.2) is 11.6 Å². The molecule has 0 bridgehead atoms. The van der Waals surface area contributed by atoms with E-state index in [1.165, 1.54) is 12.1 Å². The van der Waals surface area contributed by atoms with E-state index in [1.54, 1.807) is 0 Å². The first-order valence-corrected chi connectivity index (χ1v) is 7.50. The maximum atomic E-state index is 13.3. The van der Waals surface area contributed by atoms with Crippen LogP contribution < -0.4 is 4.72 Å². The third-order valence-electron chi connectivity index (χ3n) is 2.37. The van der Waals surface area contributed by atoms with Gasteiger partial charge in [0.1, 0.15) is 5.82 Å². The Labute approximate surface area is 121 Å². The van der Waals surface area contributed by atoms with Crippen molar-refractivity contribution in [2.24, 2.45) is 0 Å². The Kier molecular flexibility index (Phi) is 4.05. The van der Waals surface area contributed by atoms with Crippen molar-refractivity contribution in [1.82, 2.24) is 0 Å². The molecular formula is C12H7BrF3NO2S. The summed E-state index contributed by atoms with van der Waals surface area (Å²) in [6.45, 7) is 0. The highest BCUT2D eigenvalue weighted by Gasteiger charge is 2.16. The van der Waals surface area contributed by atoms with Crippen molar-refractivity contribution < 1.29 is 21.6 Å². The number of sulfonamides is 1. The van der Waals surface area contributed by atoms with Gasteiger partial charge in [-0.15, -0.1) is 0 Å². The molecule has 0 radical (unpaired) electrons. The third kappa shape index (κ3) is 3.13. The zero-order valence-corrected chi connectivity index (χ0v) is 12.1. The van der Waals surface area contributed by atoms with Gasteiger partial charge in [-0.3, -0.25) is 4.72 Å². The minimum Gasteiger partial charge on any atom is -0.280 e. The zero-order valence-electron chi connectivity index (χ0n) is 9.70. The summed E-state index contributed by atoms with van der Waals surface area (Å²) in [4.78, 5) is -0.331. The summed E-state index contributed by atoms with van der Waals surface area (Å²) in [6.07, 6.45) is 0. The van der Waals surface area contributed by atoms with Crippen LogP contribution in [0.15, 0.2) is 45.8 Å². The van der Waals surface area contributed by atoms with Gasteiger partial charge in [0, 0.05) is 6.07 Å². The van der Waals surface area contributed by atoms with Crippen LogP contribution in [0.3, 0.4) is 0 Å². The monoisotopic (exact) mass is 365 g/mol. The fraction of sp³-hybridized carbons (Fsp3) is 0. The van der Waals surface area contributed by atoms with E-state index in [4.69, 9.17) is 0 Å². The van der Waals surface area contributed by atoms with Crippen molar-refractivity contribution in [2.45, 2.75) is 4.90 Å². The predicted molar refractivity (Wildman–Crippen MR) is 71.3 cm³/mol. The van der Waals surface area contributed by atoms with Gasteiger partial charge in [-0.25, -0.2) is 21.6 Å². The number of halogens is 4. The molecule has 0 aliphatic carbocycles. The molecule has 106 valence electrons. The Morgan fingerprint density at radius 3 is 2.20 bits per heavy atom. The van der Waals surface area contributed by atoms with E-state index < -0.39 is 27.5 Å². The van der Waals surface area contributed by atoms with Gasteiger partial charge in [0.25, 0.3) is 10.0 Å². The summed E-state index contributed by atoms with van der Waals surface area (Å²) in [5.74, 6) is -3.03. The molecule has 20 heavy (non-hydrogen) atoms. The Balaban J connectivity index is 2.35. The molecule has 0 heterocycles. The van der Waals surface area contributed by atoms with Crippen LogP contribution in [-0.2, 0) is 10.0 Å². The summed E-state index contributed by atoms with van der Waals surface area (Å²) >= 11 is 2.90. The maximum absolute atomic E-state index is 13.3. The Hall–Kier alpha value is -1.54. The van der Waals surface area contributed by atoms with E-state index in [0.29, 0.717) is 6.07 Å². The highest BCUT2D eigenvalue weighted by atomic mass is 79.9. The summed E-state index contributed by atoms with van der Waals surface area (Å²) in [5, 5.41) is 0.